The van der Waals surface area contributed by atoms with Crippen LogP contribution in [0.4, 0.5) is 0 Å². The maximum absolute atomic E-state index is 12.2. The molecule has 21 heavy (non-hydrogen) atoms. The average molecular weight is 307 g/mol. The smallest absolute Gasteiger partial charge is 0.225 e. The predicted molar refractivity (Wildman–Crippen MR) is 83.1 cm³/mol. The Hall–Kier alpha value is -1.33. The summed E-state index contributed by atoms with van der Waals surface area (Å²) in [6.45, 7) is 5.45. The molecule has 114 valence electrons. The van der Waals surface area contributed by atoms with Gasteiger partial charge in [0, 0.05) is 11.3 Å². The van der Waals surface area contributed by atoms with E-state index in [4.69, 9.17) is 4.74 Å². The molecule has 0 radical (unpaired) electrons. The molecule has 0 saturated carbocycles. The molecular formula is C16H21NO3S. The molecule has 1 aliphatic rings. The molecule has 1 aromatic rings. The number of rotatable bonds is 4. The van der Waals surface area contributed by atoms with Gasteiger partial charge in [0.15, 0.2) is 0 Å². The zero-order valence-electron chi connectivity index (χ0n) is 12.8. The van der Waals surface area contributed by atoms with E-state index in [9.17, 15) is 9.59 Å². The predicted octanol–water partition coefficient (Wildman–Crippen LogP) is 3.02. The Balaban J connectivity index is 2.35. The number of carbonyl (C=O) groups excluding carboxylic acids is 2. The van der Waals surface area contributed by atoms with Crippen LogP contribution in [-0.4, -0.2) is 35.1 Å². The highest BCUT2D eigenvalue weighted by Gasteiger charge is 2.49. The highest BCUT2D eigenvalue weighted by atomic mass is 32.2. The lowest BCUT2D eigenvalue weighted by atomic mass is 10.0. The lowest BCUT2D eigenvalue weighted by Gasteiger charge is -2.31. The minimum absolute atomic E-state index is 0.0691. The van der Waals surface area contributed by atoms with Crippen molar-refractivity contribution in [2.45, 2.75) is 50.0 Å². The van der Waals surface area contributed by atoms with Gasteiger partial charge in [0.25, 0.3) is 0 Å². The van der Waals surface area contributed by atoms with Crippen LogP contribution in [0.25, 0.3) is 0 Å². The molecule has 0 unspecified atom stereocenters. The summed E-state index contributed by atoms with van der Waals surface area (Å²) >= 11 is 1.66. The number of amides is 1. The number of thioether (sulfide) groups is 1. The molecule has 2 rings (SSSR count). The third-order valence-electron chi connectivity index (χ3n) is 3.76. The van der Waals surface area contributed by atoms with Crippen molar-refractivity contribution in [1.82, 2.24) is 4.90 Å². The number of carbonyl (C=O) groups is 2. The molecule has 0 aliphatic carbocycles. The van der Waals surface area contributed by atoms with Crippen LogP contribution in [0.3, 0.4) is 0 Å². The fourth-order valence-corrected chi connectivity index (χ4v) is 3.17. The lowest BCUT2D eigenvalue weighted by molar-refractivity contribution is -0.148. The van der Waals surface area contributed by atoms with Gasteiger partial charge in [-0.2, -0.15) is 0 Å². The molecule has 1 fully saturated rings. The van der Waals surface area contributed by atoms with Gasteiger partial charge in [0.2, 0.25) is 5.91 Å². The van der Waals surface area contributed by atoms with Crippen LogP contribution in [0.15, 0.2) is 29.2 Å². The van der Waals surface area contributed by atoms with Gasteiger partial charge in [-0.1, -0.05) is 19.1 Å². The Kier molecular flexibility index (Phi) is 4.74. The number of hydrogen-bond donors (Lipinski definition) is 0. The molecule has 0 aromatic heterocycles. The molecule has 0 spiro atoms. The highest BCUT2D eigenvalue weighted by Crippen LogP contribution is 2.40. The largest absolute Gasteiger partial charge is 0.346 e. The maximum Gasteiger partial charge on any atom is 0.225 e. The van der Waals surface area contributed by atoms with Crippen molar-refractivity contribution in [3.63, 3.8) is 0 Å². The van der Waals surface area contributed by atoms with Crippen LogP contribution in [0, 0.1) is 0 Å². The molecule has 1 saturated heterocycles. The Morgan fingerprint density at radius 3 is 2.48 bits per heavy atom. The van der Waals surface area contributed by atoms with Crippen molar-refractivity contribution in [2.24, 2.45) is 0 Å². The molecule has 2 atom stereocenters. The van der Waals surface area contributed by atoms with Gasteiger partial charge in [-0.3, -0.25) is 4.79 Å². The zero-order chi connectivity index (χ0) is 15.6. The summed E-state index contributed by atoms with van der Waals surface area (Å²) in [5.74, 6) is -0.0691. The second-order valence-electron chi connectivity index (χ2n) is 5.50. The number of nitrogens with zero attached hydrogens (tertiary/aromatic N) is 1. The summed E-state index contributed by atoms with van der Waals surface area (Å²) in [7, 11) is 0. The van der Waals surface area contributed by atoms with E-state index < -0.39 is 17.9 Å². The first kappa shape index (κ1) is 16.0. The average Bonchev–Trinajstić information content (AvgIpc) is 2.77. The number of benzene rings is 1. The van der Waals surface area contributed by atoms with Crippen molar-refractivity contribution in [3.05, 3.63) is 29.8 Å². The third-order valence-corrected chi connectivity index (χ3v) is 4.50. The van der Waals surface area contributed by atoms with Crippen LogP contribution in [0.5, 0.6) is 0 Å². The fourth-order valence-electron chi connectivity index (χ4n) is 2.76. The SMILES string of the molecule is CCC(=O)N1[C@H](C=O)[C@H](c2ccc(SC)cc2)OC1(C)C. The molecule has 1 heterocycles. The van der Waals surface area contributed by atoms with Crippen molar-refractivity contribution in [1.29, 1.82) is 0 Å². The van der Waals surface area contributed by atoms with Crippen molar-refractivity contribution >= 4 is 24.0 Å². The van der Waals surface area contributed by atoms with Gasteiger partial charge in [0.05, 0.1) is 0 Å². The fraction of sp³-hybridized carbons (Fsp3) is 0.500. The minimum Gasteiger partial charge on any atom is -0.346 e. The van der Waals surface area contributed by atoms with Gasteiger partial charge in [0.1, 0.15) is 24.2 Å². The first-order chi connectivity index (χ1) is 9.94. The van der Waals surface area contributed by atoms with Crippen molar-refractivity contribution in [2.75, 3.05) is 6.26 Å². The summed E-state index contributed by atoms with van der Waals surface area (Å²) in [4.78, 5) is 26.4. The van der Waals surface area contributed by atoms with Crippen molar-refractivity contribution in [3.8, 4) is 0 Å². The van der Waals surface area contributed by atoms with Crippen LogP contribution in [0.1, 0.15) is 38.9 Å². The van der Waals surface area contributed by atoms with E-state index in [1.165, 1.54) is 0 Å². The molecule has 1 aliphatic heterocycles. The van der Waals surface area contributed by atoms with E-state index in [1.807, 2.05) is 44.4 Å². The number of ether oxygens (including phenoxy) is 1. The number of hydrogen-bond acceptors (Lipinski definition) is 4. The van der Waals surface area contributed by atoms with Crippen LogP contribution in [-0.2, 0) is 14.3 Å². The second kappa shape index (κ2) is 6.20. The Bertz CT molecular complexity index is 527. The minimum atomic E-state index is -0.776. The summed E-state index contributed by atoms with van der Waals surface area (Å²) in [5.41, 5.74) is 0.144. The Morgan fingerprint density at radius 1 is 1.38 bits per heavy atom. The monoisotopic (exact) mass is 307 g/mol. The summed E-state index contributed by atoms with van der Waals surface area (Å²) in [5, 5.41) is 0. The molecule has 0 bridgehead atoms. The molecule has 1 amide bonds. The quantitative estimate of drug-likeness (QED) is 0.633. The highest BCUT2D eigenvalue weighted by molar-refractivity contribution is 7.98. The molecule has 0 N–H and O–H groups in total. The van der Waals surface area contributed by atoms with Crippen LogP contribution < -0.4 is 0 Å². The second-order valence-corrected chi connectivity index (χ2v) is 6.38. The van der Waals surface area contributed by atoms with E-state index in [0.717, 1.165) is 16.7 Å². The third kappa shape index (κ3) is 2.99. The molecule has 1 aromatic carbocycles. The molecular weight excluding hydrogens is 286 g/mol. The summed E-state index contributed by atoms with van der Waals surface area (Å²) in [6, 6.07) is 7.35. The van der Waals surface area contributed by atoms with E-state index >= 15 is 0 Å². The maximum atomic E-state index is 12.2. The lowest BCUT2D eigenvalue weighted by Crippen LogP contribution is -2.48. The molecule has 5 heteroatoms. The first-order valence-corrected chi connectivity index (χ1v) is 8.26. The van der Waals surface area contributed by atoms with Gasteiger partial charge < -0.3 is 14.4 Å². The molecule has 4 nitrogen and oxygen atoms in total. The normalized spacial score (nSPS) is 24.1. The standard InChI is InChI=1S/C16H21NO3S/c1-5-14(19)17-13(10-18)15(20-16(17,2)3)11-6-8-12(21-4)9-7-11/h6-10,13,15H,5H2,1-4H3/t13-,15+/m1/s1. The Morgan fingerprint density at radius 2 is 2.00 bits per heavy atom. The zero-order valence-corrected chi connectivity index (χ0v) is 13.6. The number of aldehydes is 1. The first-order valence-electron chi connectivity index (χ1n) is 7.03. The van der Waals surface area contributed by atoms with Gasteiger partial charge in [-0.25, -0.2) is 0 Å². The van der Waals surface area contributed by atoms with Crippen molar-refractivity contribution < 1.29 is 14.3 Å². The topological polar surface area (TPSA) is 46.6 Å². The van der Waals surface area contributed by atoms with E-state index in [0.29, 0.717) is 6.42 Å². The van der Waals surface area contributed by atoms with Crippen LogP contribution >= 0.6 is 11.8 Å². The van der Waals surface area contributed by atoms with E-state index in [1.54, 1.807) is 23.6 Å². The van der Waals surface area contributed by atoms with E-state index in [2.05, 4.69) is 0 Å². The van der Waals surface area contributed by atoms with Crippen LogP contribution in [0.2, 0.25) is 0 Å². The van der Waals surface area contributed by atoms with Gasteiger partial charge in [-0.15, -0.1) is 11.8 Å². The Labute approximate surface area is 129 Å². The van der Waals surface area contributed by atoms with Gasteiger partial charge in [-0.05, 0) is 37.8 Å². The summed E-state index contributed by atoms with van der Waals surface area (Å²) < 4.78 is 6.01. The van der Waals surface area contributed by atoms with E-state index in [-0.39, 0.29) is 5.91 Å². The van der Waals surface area contributed by atoms with Gasteiger partial charge >= 0.3 is 0 Å². The summed E-state index contributed by atoms with van der Waals surface area (Å²) in [6.07, 6.45) is 2.77.